The third-order valence-corrected chi connectivity index (χ3v) is 4.69. The van der Waals surface area contributed by atoms with Gasteiger partial charge in [-0.15, -0.1) is 11.8 Å². The van der Waals surface area contributed by atoms with E-state index in [1.165, 1.54) is 0 Å². The summed E-state index contributed by atoms with van der Waals surface area (Å²) in [5.74, 6) is 0.661. The molecule has 1 N–H and O–H groups in total. The van der Waals surface area contributed by atoms with Gasteiger partial charge in [-0.05, 0) is 29.3 Å². The molecule has 0 bridgehead atoms. The molecule has 0 atom stereocenters. The van der Waals surface area contributed by atoms with Gasteiger partial charge in [-0.3, -0.25) is 4.79 Å². The van der Waals surface area contributed by atoms with Gasteiger partial charge in [0.05, 0.1) is 6.61 Å². The van der Waals surface area contributed by atoms with Gasteiger partial charge in [0.15, 0.2) is 5.78 Å². The number of ketones is 1. The molecule has 0 aliphatic carbocycles. The molecule has 0 saturated heterocycles. The van der Waals surface area contributed by atoms with Gasteiger partial charge in [0.1, 0.15) is 0 Å². The normalized spacial score (nSPS) is 10.5. The molecule has 3 rings (SSSR count). The molecule has 120 valence electrons. The zero-order chi connectivity index (χ0) is 16.8. The van der Waals surface area contributed by atoms with Gasteiger partial charge in [0.25, 0.3) is 0 Å². The first kappa shape index (κ1) is 16.5. The van der Waals surface area contributed by atoms with E-state index in [9.17, 15) is 4.79 Å². The molecule has 3 aromatic rings. The Balaban J connectivity index is 2.06. The Morgan fingerprint density at radius 1 is 0.875 bits per heavy atom. The zero-order valence-corrected chi connectivity index (χ0v) is 14.0. The first-order valence-electron chi connectivity index (χ1n) is 7.82. The van der Waals surface area contributed by atoms with Crippen LogP contribution in [0.4, 0.5) is 0 Å². The highest BCUT2D eigenvalue weighted by molar-refractivity contribution is 7.99. The highest BCUT2D eigenvalue weighted by Gasteiger charge is 2.15. The first-order chi connectivity index (χ1) is 11.8. The van der Waals surface area contributed by atoms with Crippen LogP contribution in [-0.2, 0) is 0 Å². The lowest BCUT2D eigenvalue weighted by Gasteiger charge is -2.11. The number of thioether (sulfide) groups is 1. The fraction of sp³-hybridized carbons (Fsp3) is 0.0952. The lowest BCUT2D eigenvalue weighted by atomic mass is 9.94. The molecule has 0 radical (unpaired) electrons. The minimum Gasteiger partial charge on any atom is -0.396 e. The summed E-state index contributed by atoms with van der Waals surface area (Å²) < 4.78 is 0. The molecule has 0 fully saturated rings. The standard InChI is InChI=1S/C21H18O2S/c22-13-14-24-18-11-12-19(21(23)17-9-5-2-6-10-17)20(15-18)16-7-3-1-4-8-16/h1-12,15,22H,13-14H2. The summed E-state index contributed by atoms with van der Waals surface area (Å²) in [6.07, 6.45) is 0. The van der Waals surface area contributed by atoms with Crippen molar-refractivity contribution in [3.8, 4) is 11.1 Å². The molecule has 3 heteroatoms. The Hall–Kier alpha value is -2.36. The fourth-order valence-electron chi connectivity index (χ4n) is 2.58. The number of hydrogen-bond donors (Lipinski definition) is 1. The molecule has 0 amide bonds. The predicted octanol–water partition coefficient (Wildman–Crippen LogP) is 4.67. The van der Waals surface area contributed by atoms with Gasteiger partial charge in [-0.25, -0.2) is 0 Å². The van der Waals surface area contributed by atoms with Gasteiger partial charge < -0.3 is 5.11 Å². The van der Waals surface area contributed by atoms with Crippen molar-refractivity contribution < 1.29 is 9.90 Å². The molecule has 0 saturated carbocycles. The van der Waals surface area contributed by atoms with Crippen LogP contribution in [0.25, 0.3) is 11.1 Å². The maximum atomic E-state index is 12.9. The Morgan fingerprint density at radius 2 is 1.54 bits per heavy atom. The van der Waals surface area contributed by atoms with Crippen LogP contribution >= 0.6 is 11.8 Å². The second-order valence-corrected chi connectivity index (χ2v) is 6.51. The number of carbonyl (C=O) groups excluding carboxylic acids is 1. The minimum absolute atomic E-state index is 0.0214. The van der Waals surface area contributed by atoms with E-state index in [4.69, 9.17) is 5.11 Å². The highest BCUT2D eigenvalue weighted by Crippen LogP contribution is 2.30. The Labute approximate surface area is 146 Å². The van der Waals surface area contributed by atoms with Crippen molar-refractivity contribution in [3.05, 3.63) is 90.0 Å². The summed E-state index contributed by atoms with van der Waals surface area (Å²) in [5, 5.41) is 9.03. The average molecular weight is 334 g/mol. The average Bonchev–Trinajstić information content (AvgIpc) is 2.67. The second kappa shape index (κ2) is 7.95. The third-order valence-electron chi connectivity index (χ3n) is 3.72. The molecule has 0 unspecified atom stereocenters. The number of hydrogen-bond acceptors (Lipinski definition) is 3. The minimum atomic E-state index is 0.0214. The van der Waals surface area contributed by atoms with E-state index in [0.717, 1.165) is 16.0 Å². The Kier molecular flexibility index (Phi) is 5.47. The summed E-state index contributed by atoms with van der Waals surface area (Å²) in [5.41, 5.74) is 3.32. The second-order valence-electron chi connectivity index (χ2n) is 5.34. The highest BCUT2D eigenvalue weighted by atomic mass is 32.2. The van der Waals surface area contributed by atoms with Crippen molar-refractivity contribution in [1.82, 2.24) is 0 Å². The number of benzene rings is 3. The maximum Gasteiger partial charge on any atom is 0.193 e. The fourth-order valence-corrected chi connectivity index (χ4v) is 3.27. The lowest BCUT2D eigenvalue weighted by molar-refractivity contribution is 0.103. The largest absolute Gasteiger partial charge is 0.396 e. The van der Waals surface area contributed by atoms with E-state index < -0.39 is 0 Å². The van der Waals surface area contributed by atoms with Gasteiger partial charge in [0.2, 0.25) is 0 Å². The molecule has 2 nitrogen and oxygen atoms in total. The summed E-state index contributed by atoms with van der Waals surface area (Å²) >= 11 is 1.58. The summed E-state index contributed by atoms with van der Waals surface area (Å²) in [6.45, 7) is 0.135. The van der Waals surface area contributed by atoms with Crippen molar-refractivity contribution in [3.63, 3.8) is 0 Å². The van der Waals surface area contributed by atoms with Gasteiger partial charge in [-0.2, -0.15) is 0 Å². The SMILES string of the molecule is O=C(c1ccccc1)c1ccc(SCCO)cc1-c1ccccc1. The summed E-state index contributed by atoms with van der Waals surface area (Å²) in [4.78, 5) is 14.0. The van der Waals surface area contributed by atoms with E-state index in [1.54, 1.807) is 11.8 Å². The van der Waals surface area contributed by atoms with Crippen molar-refractivity contribution in [2.45, 2.75) is 4.90 Å². The topological polar surface area (TPSA) is 37.3 Å². The molecule has 0 heterocycles. The molecule has 0 aliphatic heterocycles. The Bertz CT molecular complexity index is 814. The number of carbonyl (C=O) groups is 1. The monoisotopic (exact) mass is 334 g/mol. The van der Waals surface area contributed by atoms with Crippen LogP contribution < -0.4 is 0 Å². The van der Waals surface area contributed by atoms with Crippen molar-refractivity contribution in [2.75, 3.05) is 12.4 Å². The molecule has 0 aliphatic rings. The van der Waals surface area contributed by atoms with E-state index in [0.29, 0.717) is 16.9 Å². The summed E-state index contributed by atoms with van der Waals surface area (Å²) in [6, 6.07) is 25.1. The van der Waals surface area contributed by atoms with Crippen molar-refractivity contribution in [2.24, 2.45) is 0 Å². The zero-order valence-electron chi connectivity index (χ0n) is 13.2. The van der Waals surface area contributed by atoms with Gasteiger partial charge in [0, 0.05) is 21.8 Å². The number of aliphatic hydroxyl groups is 1. The van der Waals surface area contributed by atoms with Crippen LogP contribution in [0.5, 0.6) is 0 Å². The van der Waals surface area contributed by atoms with Crippen LogP contribution in [0, 0.1) is 0 Å². The first-order valence-corrected chi connectivity index (χ1v) is 8.81. The molecular weight excluding hydrogens is 316 g/mol. The molecular formula is C21H18O2S. The van der Waals surface area contributed by atoms with Crippen LogP contribution in [0.15, 0.2) is 83.8 Å². The third kappa shape index (κ3) is 3.75. The smallest absolute Gasteiger partial charge is 0.193 e. The van der Waals surface area contributed by atoms with E-state index in [2.05, 4.69) is 0 Å². The van der Waals surface area contributed by atoms with E-state index >= 15 is 0 Å². The molecule has 24 heavy (non-hydrogen) atoms. The Morgan fingerprint density at radius 3 is 2.21 bits per heavy atom. The summed E-state index contributed by atoms with van der Waals surface area (Å²) in [7, 11) is 0. The number of rotatable bonds is 6. The predicted molar refractivity (Wildman–Crippen MR) is 99.6 cm³/mol. The van der Waals surface area contributed by atoms with E-state index in [-0.39, 0.29) is 12.4 Å². The quantitative estimate of drug-likeness (QED) is 0.526. The molecule has 3 aromatic carbocycles. The van der Waals surface area contributed by atoms with Gasteiger partial charge >= 0.3 is 0 Å². The van der Waals surface area contributed by atoms with E-state index in [1.807, 2.05) is 78.9 Å². The molecule has 0 aromatic heterocycles. The van der Waals surface area contributed by atoms with Crippen LogP contribution in [0.1, 0.15) is 15.9 Å². The van der Waals surface area contributed by atoms with Crippen molar-refractivity contribution in [1.29, 1.82) is 0 Å². The van der Waals surface area contributed by atoms with Crippen LogP contribution in [-0.4, -0.2) is 23.2 Å². The molecule has 0 spiro atoms. The van der Waals surface area contributed by atoms with Crippen molar-refractivity contribution >= 4 is 17.5 Å². The van der Waals surface area contributed by atoms with Gasteiger partial charge in [-0.1, -0.05) is 60.7 Å². The van der Waals surface area contributed by atoms with Crippen LogP contribution in [0.2, 0.25) is 0 Å². The number of aliphatic hydroxyl groups excluding tert-OH is 1. The lowest BCUT2D eigenvalue weighted by Crippen LogP contribution is -2.03. The van der Waals surface area contributed by atoms with Crippen LogP contribution in [0.3, 0.4) is 0 Å². The maximum absolute atomic E-state index is 12.9.